The molecular weight excluding hydrogens is 202 g/mol. The molecule has 0 saturated heterocycles. The van der Waals surface area contributed by atoms with Crippen molar-refractivity contribution in [3.05, 3.63) is 18.2 Å². The SMILES string of the molecule is CCCCOCCn1ccnc1CC(C)N. The Morgan fingerprint density at radius 1 is 1.50 bits per heavy atom. The minimum absolute atomic E-state index is 0.155. The van der Waals surface area contributed by atoms with Crippen LogP contribution in [0.2, 0.25) is 0 Å². The number of nitrogens with two attached hydrogens (primary N) is 1. The number of hydrogen-bond acceptors (Lipinski definition) is 3. The smallest absolute Gasteiger partial charge is 0.110 e. The number of nitrogens with zero attached hydrogens (tertiary/aromatic N) is 2. The van der Waals surface area contributed by atoms with Crippen LogP contribution in [0.3, 0.4) is 0 Å². The highest BCUT2D eigenvalue weighted by atomic mass is 16.5. The first-order chi connectivity index (χ1) is 7.74. The standard InChI is InChI=1S/C12H23N3O/c1-3-4-8-16-9-7-15-6-5-14-12(15)10-11(2)13/h5-6,11H,3-4,7-10,13H2,1-2H3. The molecular formula is C12H23N3O. The van der Waals surface area contributed by atoms with Crippen LogP contribution in [0.4, 0.5) is 0 Å². The Morgan fingerprint density at radius 3 is 3.00 bits per heavy atom. The third kappa shape index (κ3) is 4.77. The van der Waals surface area contributed by atoms with Crippen LogP contribution in [0.5, 0.6) is 0 Å². The van der Waals surface area contributed by atoms with Crippen LogP contribution in [0.1, 0.15) is 32.5 Å². The molecule has 0 saturated carbocycles. The van der Waals surface area contributed by atoms with Gasteiger partial charge >= 0.3 is 0 Å². The molecule has 1 atom stereocenters. The molecule has 0 aliphatic rings. The lowest BCUT2D eigenvalue weighted by molar-refractivity contribution is 0.123. The summed E-state index contributed by atoms with van der Waals surface area (Å²) in [5, 5.41) is 0. The van der Waals surface area contributed by atoms with E-state index in [0.717, 1.165) is 38.4 Å². The number of unbranched alkanes of at least 4 members (excludes halogenated alkanes) is 1. The van der Waals surface area contributed by atoms with Crippen LogP contribution in [0.25, 0.3) is 0 Å². The average molecular weight is 225 g/mol. The summed E-state index contributed by atoms with van der Waals surface area (Å²) in [6, 6.07) is 0.155. The number of imidazole rings is 1. The summed E-state index contributed by atoms with van der Waals surface area (Å²) in [6.45, 7) is 6.64. The van der Waals surface area contributed by atoms with Gasteiger partial charge in [-0.15, -0.1) is 0 Å². The van der Waals surface area contributed by atoms with Crippen LogP contribution >= 0.6 is 0 Å². The highest BCUT2D eigenvalue weighted by molar-refractivity contribution is 4.94. The lowest BCUT2D eigenvalue weighted by Crippen LogP contribution is -2.21. The minimum Gasteiger partial charge on any atom is -0.380 e. The Bertz CT molecular complexity index is 284. The average Bonchev–Trinajstić information content (AvgIpc) is 2.64. The Hall–Kier alpha value is -0.870. The summed E-state index contributed by atoms with van der Waals surface area (Å²) < 4.78 is 7.65. The van der Waals surface area contributed by atoms with Gasteiger partial charge in [0.1, 0.15) is 5.82 Å². The first kappa shape index (κ1) is 13.2. The van der Waals surface area contributed by atoms with Gasteiger partial charge in [-0.3, -0.25) is 0 Å². The van der Waals surface area contributed by atoms with E-state index >= 15 is 0 Å². The Balaban J connectivity index is 2.27. The van der Waals surface area contributed by atoms with E-state index in [9.17, 15) is 0 Å². The third-order valence-corrected chi connectivity index (χ3v) is 2.43. The molecule has 1 rings (SSSR count). The fraction of sp³-hybridized carbons (Fsp3) is 0.750. The van der Waals surface area contributed by atoms with E-state index in [2.05, 4.69) is 16.5 Å². The van der Waals surface area contributed by atoms with Gasteiger partial charge in [-0.1, -0.05) is 13.3 Å². The summed E-state index contributed by atoms with van der Waals surface area (Å²) in [5.74, 6) is 1.05. The topological polar surface area (TPSA) is 53.1 Å². The Labute approximate surface area is 97.8 Å². The predicted octanol–water partition coefficient (Wildman–Crippen LogP) is 1.59. The second-order valence-electron chi connectivity index (χ2n) is 4.18. The maximum absolute atomic E-state index is 5.76. The van der Waals surface area contributed by atoms with Gasteiger partial charge in [-0.25, -0.2) is 4.98 Å². The number of rotatable bonds is 8. The molecule has 4 heteroatoms. The van der Waals surface area contributed by atoms with Crippen molar-refractivity contribution < 1.29 is 4.74 Å². The summed E-state index contributed by atoms with van der Waals surface area (Å²) in [7, 11) is 0. The predicted molar refractivity (Wildman–Crippen MR) is 65.3 cm³/mol. The molecule has 0 bridgehead atoms. The van der Waals surface area contributed by atoms with E-state index in [4.69, 9.17) is 10.5 Å². The summed E-state index contributed by atoms with van der Waals surface area (Å²) in [6.07, 6.45) is 6.95. The Morgan fingerprint density at radius 2 is 2.31 bits per heavy atom. The van der Waals surface area contributed by atoms with Crippen molar-refractivity contribution in [1.82, 2.24) is 9.55 Å². The zero-order valence-corrected chi connectivity index (χ0v) is 10.4. The molecule has 1 unspecified atom stereocenters. The van der Waals surface area contributed by atoms with Gasteiger partial charge in [-0.2, -0.15) is 0 Å². The van der Waals surface area contributed by atoms with Gasteiger partial charge in [0.2, 0.25) is 0 Å². The van der Waals surface area contributed by atoms with Crippen LogP contribution in [-0.4, -0.2) is 28.8 Å². The molecule has 1 heterocycles. The molecule has 0 fully saturated rings. The van der Waals surface area contributed by atoms with E-state index in [-0.39, 0.29) is 6.04 Å². The molecule has 0 radical (unpaired) electrons. The zero-order valence-electron chi connectivity index (χ0n) is 10.4. The van der Waals surface area contributed by atoms with Gasteiger partial charge in [0, 0.05) is 38.0 Å². The van der Waals surface area contributed by atoms with Gasteiger partial charge in [0.15, 0.2) is 0 Å². The maximum Gasteiger partial charge on any atom is 0.110 e. The van der Waals surface area contributed by atoms with Gasteiger partial charge in [0.05, 0.1) is 6.61 Å². The van der Waals surface area contributed by atoms with Crippen molar-refractivity contribution in [3.63, 3.8) is 0 Å². The lowest BCUT2D eigenvalue weighted by atomic mass is 10.2. The molecule has 0 aliphatic heterocycles. The highest BCUT2D eigenvalue weighted by Gasteiger charge is 2.04. The van der Waals surface area contributed by atoms with Crippen molar-refractivity contribution in [2.45, 2.75) is 45.7 Å². The van der Waals surface area contributed by atoms with Crippen molar-refractivity contribution in [1.29, 1.82) is 0 Å². The molecule has 4 nitrogen and oxygen atoms in total. The monoisotopic (exact) mass is 225 g/mol. The normalized spacial score (nSPS) is 12.9. The molecule has 16 heavy (non-hydrogen) atoms. The van der Waals surface area contributed by atoms with E-state index in [0.29, 0.717) is 0 Å². The number of ether oxygens (including phenoxy) is 1. The van der Waals surface area contributed by atoms with E-state index in [1.54, 1.807) is 0 Å². The number of aromatic nitrogens is 2. The molecule has 0 amide bonds. The number of hydrogen-bond donors (Lipinski definition) is 1. The molecule has 0 aliphatic carbocycles. The molecule has 2 N–H and O–H groups in total. The summed E-state index contributed by atoms with van der Waals surface area (Å²) in [5.41, 5.74) is 5.76. The third-order valence-electron chi connectivity index (χ3n) is 2.43. The van der Waals surface area contributed by atoms with Crippen molar-refractivity contribution in [3.8, 4) is 0 Å². The Kier molecular flexibility index (Phi) is 6.11. The molecule has 1 aromatic rings. The maximum atomic E-state index is 5.76. The summed E-state index contributed by atoms with van der Waals surface area (Å²) in [4.78, 5) is 4.30. The van der Waals surface area contributed by atoms with Gasteiger partial charge in [-0.05, 0) is 13.3 Å². The molecule has 0 spiro atoms. The highest BCUT2D eigenvalue weighted by Crippen LogP contribution is 2.01. The quantitative estimate of drug-likeness (QED) is 0.684. The van der Waals surface area contributed by atoms with E-state index in [1.807, 2.05) is 19.3 Å². The minimum atomic E-state index is 0.155. The molecule has 1 aromatic heterocycles. The second kappa shape index (κ2) is 7.41. The summed E-state index contributed by atoms with van der Waals surface area (Å²) >= 11 is 0. The van der Waals surface area contributed by atoms with Crippen molar-refractivity contribution in [2.75, 3.05) is 13.2 Å². The first-order valence-corrected chi connectivity index (χ1v) is 6.07. The van der Waals surface area contributed by atoms with Crippen molar-refractivity contribution in [2.24, 2.45) is 5.73 Å². The van der Waals surface area contributed by atoms with Crippen LogP contribution in [0.15, 0.2) is 12.4 Å². The molecule has 92 valence electrons. The van der Waals surface area contributed by atoms with Crippen molar-refractivity contribution >= 4 is 0 Å². The second-order valence-corrected chi connectivity index (χ2v) is 4.18. The van der Waals surface area contributed by atoms with E-state index in [1.165, 1.54) is 6.42 Å². The van der Waals surface area contributed by atoms with Crippen LogP contribution < -0.4 is 5.73 Å². The van der Waals surface area contributed by atoms with Gasteiger partial charge in [0.25, 0.3) is 0 Å². The van der Waals surface area contributed by atoms with Crippen LogP contribution in [0, 0.1) is 0 Å². The first-order valence-electron chi connectivity index (χ1n) is 6.07. The fourth-order valence-electron chi connectivity index (χ4n) is 1.53. The molecule has 0 aromatic carbocycles. The lowest BCUT2D eigenvalue weighted by Gasteiger charge is -2.09. The fourth-order valence-corrected chi connectivity index (χ4v) is 1.53. The van der Waals surface area contributed by atoms with Gasteiger partial charge < -0.3 is 15.0 Å². The largest absolute Gasteiger partial charge is 0.380 e. The van der Waals surface area contributed by atoms with Crippen LogP contribution in [-0.2, 0) is 17.7 Å². The van der Waals surface area contributed by atoms with E-state index < -0.39 is 0 Å². The zero-order chi connectivity index (χ0) is 11.8.